The molecule has 1 saturated heterocycles. The number of carboxylic acid groups (broad SMARTS) is 1. The van der Waals surface area contributed by atoms with Gasteiger partial charge in [-0.2, -0.15) is 20.1 Å². The first-order valence-electron chi connectivity index (χ1n) is 14.5. The van der Waals surface area contributed by atoms with Crippen LogP contribution in [0.5, 0.6) is 5.88 Å². The number of hydrogen-bond donors (Lipinski definition) is 1. The number of ether oxygens (including phenoxy) is 1. The van der Waals surface area contributed by atoms with Crippen molar-refractivity contribution in [2.45, 2.75) is 51.8 Å². The van der Waals surface area contributed by atoms with E-state index in [1.165, 1.54) is 16.9 Å². The van der Waals surface area contributed by atoms with Crippen LogP contribution in [0.1, 0.15) is 69.8 Å². The fraction of sp³-hybridized carbons (Fsp3) is 0.312. The Balaban J connectivity index is 1.14. The number of likely N-dealkylation sites (tertiary alicyclic amines) is 1. The number of nitrogens with zero attached hydrogens (tertiary/aromatic N) is 8. The van der Waals surface area contributed by atoms with Crippen LogP contribution in [-0.2, 0) is 26.1 Å². The third-order valence-corrected chi connectivity index (χ3v) is 8.11. The number of nitriles is 1. The van der Waals surface area contributed by atoms with Crippen LogP contribution in [0.4, 0.5) is 4.39 Å². The van der Waals surface area contributed by atoms with Crippen molar-refractivity contribution in [3.63, 3.8) is 0 Å². The van der Waals surface area contributed by atoms with Gasteiger partial charge < -0.3 is 14.4 Å². The van der Waals surface area contributed by atoms with Gasteiger partial charge in [-0.15, -0.1) is 0 Å². The van der Waals surface area contributed by atoms with E-state index in [9.17, 15) is 14.3 Å². The number of carbonyl (C=O) groups is 1. The molecule has 4 aromatic heterocycles. The lowest BCUT2D eigenvalue weighted by Gasteiger charge is -2.31. The lowest BCUT2D eigenvalue weighted by molar-refractivity contribution is 0.0696. The van der Waals surface area contributed by atoms with E-state index in [-0.39, 0.29) is 23.7 Å². The number of imidazole rings is 1. The van der Waals surface area contributed by atoms with Gasteiger partial charge in [0.05, 0.1) is 40.9 Å². The molecule has 11 nitrogen and oxygen atoms in total. The van der Waals surface area contributed by atoms with Crippen LogP contribution in [0.15, 0.2) is 61.2 Å². The minimum atomic E-state index is -1.03. The molecule has 0 amide bonds. The first-order chi connectivity index (χ1) is 21.4. The van der Waals surface area contributed by atoms with Gasteiger partial charge in [0.15, 0.2) is 0 Å². The van der Waals surface area contributed by atoms with Crippen molar-refractivity contribution in [3.05, 3.63) is 106 Å². The molecule has 5 aromatic rings. The molecule has 6 rings (SSSR count). The van der Waals surface area contributed by atoms with Crippen LogP contribution >= 0.6 is 0 Å². The molecule has 1 fully saturated rings. The van der Waals surface area contributed by atoms with Gasteiger partial charge >= 0.3 is 5.97 Å². The first kappa shape index (κ1) is 28.9. The number of piperidine rings is 1. The summed E-state index contributed by atoms with van der Waals surface area (Å²) in [6.45, 7) is 5.14. The van der Waals surface area contributed by atoms with Gasteiger partial charge in [0.2, 0.25) is 5.88 Å². The molecular formula is C32H31FN8O3. The first-order valence-corrected chi connectivity index (χ1v) is 14.5. The minimum Gasteiger partial charge on any atom is -0.478 e. The molecule has 44 heavy (non-hydrogen) atoms. The third-order valence-electron chi connectivity index (χ3n) is 8.11. The summed E-state index contributed by atoms with van der Waals surface area (Å²) in [5, 5.41) is 27.6. The van der Waals surface area contributed by atoms with Gasteiger partial charge in [-0.05, 0) is 57.1 Å². The number of rotatable bonds is 10. The molecule has 0 bridgehead atoms. The molecule has 0 atom stereocenters. The highest BCUT2D eigenvalue weighted by Crippen LogP contribution is 2.30. The van der Waals surface area contributed by atoms with Crippen molar-refractivity contribution in [2.75, 3.05) is 13.1 Å². The molecule has 0 aliphatic carbocycles. The maximum absolute atomic E-state index is 14.3. The zero-order valence-corrected chi connectivity index (χ0v) is 24.2. The Morgan fingerprint density at radius 2 is 2.02 bits per heavy atom. The summed E-state index contributed by atoms with van der Waals surface area (Å²) in [6.07, 6.45) is 7.31. The zero-order valence-electron chi connectivity index (χ0n) is 24.2. The monoisotopic (exact) mass is 594 g/mol. The number of aromatic nitrogens is 6. The Bertz CT molecular complexity index is 1850. The Morgan fingerprint density at radius 1 is 1.18 bits per heavy atom. The SMILES string of the molecule is CCn1cncc1Cc1c(CN2CCC(c3cccc(OCc4ccc(C#N)cc4F)n3)CC2)nn2ncc(C(=O)O)cc12. The quantitative estimate of drug-likeness (QED) is 0.246. The fourth-order valence-corrected chi connectivity index (χ4v) is 5.65. The van der Waals surface area contributed by atoms with Crippen molar-refractivity contribution >= 4 is 11.5 Å². The number of benzene rings is 1. The highest BCUT2D eigenvalue weighted by atomic mass is 19.1. The largest absolute Gasteiger partial charge is 0.478 e. The Kier molecular flexibility index (Phi) is 8.29. The Hall–Kier alpha value is -5.15. The highest BCUT2D eigenvalue weighted by Gasteiger charge is 2.25. The van der Waals surface area contributed by atoms with E-state index in [0.717, 1.165) is 55.1 Å². The topological polar surface area (TPSA) is 134 Å². The zero-order chi connectivity index (χ0) is 30.6. The number of pyridine rings is 1. The lowest BCUT2D eigenvalue weighted by atomic mass is 9.93. The summed E-state index contributed by atoms with van der Waals surface area (Å²) in [4.78, 5) is 23.0. The summed E-state index contributed by atoms with van der Waals surface area (Å²) < 4.78 is 23.7. The van der Waals surface area contributed by atoms with Crippen LogP contribution < -0.4 is 4.74 Å². The van der Waals surface area contributed by atoms with Crippen molar-refractivity contribution in [1.82, 2.24) is 34.3 Å². The van der Waals surface area contributed by atoms with E-state index in [0.29, 0.717) is 29.9 Å². The standard InChI is InChI=1S/C32H31FN8O3/c1-2-40-20-35-17-25(40)14-26-29(38-41-30(26)13-24(16-36-41)32(42)43)18-39-10-8-22(9-11-39)28-4-3-5-31(37-28)44-19-23-7-6-21(15-34)12-27(23)33/h3-7,12-13,16-17,20,22H,2,8-11,14,18-19H2,1H3,(H,42,43). The van der Waals surface area contributed by atoms with Crippen molar-refractivity contribution < 1.29 is 19.0 Å². The molecule has 1 aliphatic rings. The number of carboxylic acids is 1. The molecule has 0 radical (unpaired) electrons. The Labute approximate surface area is 253 Å². The number of fused-ring (bicyclic) bond motifs is 1. The smallest absolute Gasteiger partial charge is 0.337 e. The lowest BCUT2D eigenvalue weighted by Crippen LogP contribution is -2.33. The van der Waals surface area contributed by atoms with Crippen molar-refractivity contribution in [3.8, 4) is 11.9 Å². The van der Waals surface area contributed by atoms with E-state index < -0.39 is 11.8 Å². The van der Waals surface area contributed by atoms with Crippen LogP contribution in [0.25, 0.3) is 5.52 Å². The van der Waals surface area contributed by atoms with E-state index >= 15 is 0 Å². The van der Waals surface area contributed by atoms with Crippen LogP contribution in [0.3, 0.4) is 0 Å². The second-order valence-electron chi connectivity index (χ2n) is 10.9. The van der Waals surface area contributed by atoms with E-state index in [4.69, 9.17) is 20.1 Å². The van der Waals surface area contributed by atoms with Gasteiger partial charge in [-0.25, -0.2) is 19.2 Å². The van der Waals surface area contributed by atoms with Crippen LogP contribution in [0, 0.1) is 17.1 Å². The summed E-state index contributed by atoms with van der Waals surface area (Å²) in [7, 11) is 0. The van der Waals surface area contributed by atoms with Gasteiger partial charge in [0.1, 0.15) is 12.4 Å². The molecule has 0 unspecified atom stereocenters. The second-order valence-corrected chi connectivity index (χ2v) is 10.9. The van der Waals surface area contributed by atoms with E-state index in [1.807, 2.05) is 24.4 Å². The summed E-state index contributed by atoms with van der Waals surface area (Å²) in [5.74, 6) is -0.822. The fourth-order valence-electron chi connectivity index (χ4n) is 5.65. The molecule has 1 aromatic carbocycles. The number of aromatic carboxylic acids is 1. The van der Waals surface area contributed by atoms with Gasteiger partial charge in [0, 0.05) is 60.2 Å². The minimum absolute atomic E-state index is 0.0235. The second kappa shape index (κ2) is 12.6. The molecule has 1 N–H and O–H groups in total. The molecule has 1 aliphatic heterocycles. The summed E-state index contributed by atoms with van der Waals surface area (Å²) in [5.41, 5.74) is 5.21. The maximum atomic E-state index is 14.3. The predicted molar refractivity (Wildman–Crippen MR) is 158 cm³/mol. The molecule has 224 valence electrons. The normalized spacial score (nSPS) is 14.1. The molecule has 5 heterocycles. The average Bonchev–Trinajstić information content (AvgIpc) is 3.64. The van der Waals surface area contributed by atoms with E-state index in [2.05, 4.69) is 26.5 Å². The highest BCUT2D eigenvalue weighted by molar-refractivity contribution is 5.88. The van der Waals surface area contributed by atoms with Gasteiger partial charge in [0.25, 0.3) is 0 Å². The van der Waals surface area contributed by atoms with E-state index in [1.54, 1.807) is 30.6 Å². The van der Waals surface area contributed by atoms with Crippen LogP contribution in [0.2, 0.25) is 0 Å². The van der Waals surface area contributed by atoms with Crippen LogP contribution in [-0.4, -0.2) is 58.4 Å². The number of halogens is 1. The van der Waals surface area contributed by atoms with Gasteiger partial charge in [-0.1, -0.05) is 12.1 Å². The molecular weight excluding hydrogens is 563 g/mol. The molecule has 0 saturated carbocycles. The van der Waals surface area contributed by atoms with Crippen molar-refractivity contribution in [2.24, 2.45) is 0 Å². The average molecular weight is 595 g/mol. The van der Waals surface area contributed by atoms with Gasteiger partial charge in [-0.3, -0.25) is 4.90 Å². The maximum Gasteiger partial charge on any atom is 0.337 e. The van der Waals surface area contributed by atoms with Crippen molar-refractivity contribution in [1.29, 1.82) is 5.26 Å². The third kappa shape index (κ3) is 6.14. The number of hydrogen-bond acceptors (Lipinski definition) is 8. The summed E-state index contributed by atoms with van der Waals surface area (Å²) >= 11 is 0. The molecule has 12 heteroatoms. The molecule has 0 spiro atoms. The number of aryl methyl sites for hydroxylation is 1. The summed E-state index contributed by atoms with van der Waals surface area (Å²) in [6, 6.07) is 13.6. The Morgan fingerprint density at radius 3 is 2.77 bits per heavy atom. The predicted octanol–water partition coefficient (Wildman–Crippen LogP) is 4.60.